The maximum Gasteiger partial charge on any atom is 0.254 e. The fourth-order valence-electron chi connectivity index (χ4n) is 2.12. The molecular formula is C13H18N2O3. The third-order valence-corrected chi connectivity index (χ3v) is 3.16. The van der Waals surface area contributed by atoms with Gasteiger partial charge in [0.05, 0.1) is 13.2 Å². The van der Waals surface area contributed by atoms with Gasteiger partial charge in [-0.15, -0.1) is 0 Å². The zero-order valence-corrected chi connectivity index (χ0v) is 10.2. The third kappa shape index (κ3) is 2.69. The van der Waals surface area contributed by atoms with Gasteiger partial charge in [-0.3, -0.25) is 4.79 Å². The number of rotatable bonds is 3. The van der Waals surface area contributed by atoms with Crippen LogP contribution >= 0.6 is 0 Å². The number of nitrogens with one attached hydrogen (secondary N) is 1. The second-order valence-corrected chi connectivity index (χ2v) is 4.35. The van der Waals surface area contributed by atoms with E-state index in [1.807, 2.05) is 0 Å². The second kappa shape index (κ2) is 5.95. The van der Waals surface area contributed by atoms with Crippen LogP contribution in [0.4, 0.5) is 0 Å². The number of aliphatic hydroxyl groups excluding tert-OH is 2. The molecule has 0 radical (unpaired) electrons. The van der Waals surface area contributed by atoms with E-state index in [9.17, 15) is 9.90 Å². The summed E-state index contributed by atoms with van der Waals surface area (Å²) in [6.07, 6.45) is 0. The highest BCUT2D eigenvalue weighted by Crippen LogP contribution is 2.15. The van der Waals surface area contributed by atoms with Crippen LogP contribution in [0.3, 0.4) is 0 Å². The van der Waals surface area contributed by atoms with Crippen LogP contribution in [0.25, 0.3) is 0 Å². The second-order valence-electron chi connectivity index (χ2n) is 4.35. The van der Waals surface area contributed by atoms with Gasteiger partial charge in [0.1, 0.15) is 0 Å². The number of benzene rings is 1. The Morgan fingerprint density at radius 3 is 2.56 bits per heavy atom. The summed E-state index contributed by atoms with van der Waals surface area (Å²) in [6, 6.07) is 5.07. The summed E-state index contributed by atoms with van der Waals surface area (Å²) < 4.78 is 0. The van der Waals surface area contributed by atoms with E-state index in [1.165, 1.54) is 0 Å². The van der Waals surface area contributed by atoms with Crippen LogP contribution in [0.5, 0.6) is 0 Å². The molecule has 98 valence electrons. The lowest BCUT2D eigenvalue weighted by atomic mass is 10.0. The molecule has 0 aliphatic carbocycles. The number of aliphatic hydroxyl groups is 2. The molecule has 18 heavy (non-hydrogen) atoms. The molecule has 1 aromatic carbocycles. The lowest BCUT2D eigenvalue weighted by Gasteiger charge is -2.28. The predicted molar refractivity (Wildman–Crippen MR) is 67.1 cm³/mol. The molecule has 0 atom stereocenters. The number of nitrogens with zero attached hydrogens (tertiary/aromatic N) is 1. The van der Waals surface area contributed by atoms with Crippen molar-refractivity contribution in [3.05, 3.63) is 34.9 Å². The number of piperazine rings is 1. The number of hydrogen-bond acceptors (Lipinski definition) is 4. The van der Waals surface area contributed by atoms with Gasteiger partial charge in [-0.2, -0.15) is 0 Å². The first kappa shape index (κ1) is 13.0. The quantitative estimate of drug-likeness (QED) is 0.689. The van der Waals surface area contributed by atoms with Gasteiger partial charge >= 0.3 is 0 Å². The minimum absolute atomic E-state index is 0.0509. The molecular weight excluding hydrogens is 232 g/mol. The van der Waals surface area contributed by atoms with Crippen molar-refractivity contribution in [1.82, 2.24) is 10.2 Å². The Labute approximate surface area is 106 Å². The van der Waals surface area contributed by atoms with Gasteiger partial charge in [0.15, 0.2) is 0 Å². The first-order valence-electron chi connectivity index (χ1n) is 6.09. The van der Waals surface area contributed by atoms with Gasteiger partial charge < -0.3 is 20.4 Å². The summed E-state index contributed by atoms with van der Waals surface area (Å²) >= 11 is 0. The largest absolute Gasteiger partial charge is 0.392 e. The molecule has 3 N–H and O–H groups in total. The molecule has 1 saturated heterocycles. The average Bonchev–Trinajstić information content (AvgIpc) is 2.46. The Hall–Kier alpha value is -1.43. The Morgan fingerprint density at radius 2 is 1.94 bits per heavy atom. The van der Waals surface area contributed by atoms with Gasteiger partial charge in [-0.1, -0.05) is 12.1 Å². The molecule has 0 unspecified atom stereocenters. The Balaban J connectivity index is 2.23. The van der Waals surface area contributed by atoms with E-state index in [4.69, 9.17) is 5.11 Å². The molecule has 0 bridgehead atoms. The van der Waals surface area contributed by atoms with E-state index in [2.05, 4.69) is 5.32 Å². The molecule has 0 spiro atoms. The Morgan fingerprint density at radius 1 is 1.22 bits per heavy atom. The average molecular weight is 250 g/mol. The molecule has 2 rings (SSSR count). The summed E-state index contributed by atoms with van der Waals surface area (Å²) in [5.74, 6) is -0.0509. The van der Waals surface area contributed by atoms with Gasteiger partial charge in [0.2, 0.25) is 0 Å². The van der Waals surface area contributed by atoms with E-state index >= 15 is 0 Å². The number of carbonyl (C=O) groups is 1. The maximum absolute atomic E-state index is 12.3. The van der Waals surface area contributed by atoms with Crippen molar-refractivity contribution >= 4 is 5.91 Å². The standard InChI is InChI=1S/C13H18N2O3/c16-8-10-1-2-12(11(7-10)9-17)13(18)15-5-3-14-4-6-15/h1-2,7,14,16-17H,3-6,8-9H2. The normalized spacial score (nSPS) is 15.8. The minimum Gasteiger partial charge on any atom is -0.392 e. The minimum atomic E-state index is -0.193. The van der Waals surface area contributed by atoms with Gasteiger partial charge in [0.25, 0.3) is 5.91 Å². The van der Waals surface area contributed by atoms with Crippen molar-refractivity contribution in [3.8, 4) is 0 Å². The van der Waals surface area contributed by atoms with Crippen molar-refractivity contribution < 1.29 is 15.0 Å². The highest BCUT2D eigenvalue weighted by Gasteiger charge is 2.20. The van der Waals surface area contributed by atoms with Crippen LogP contribution in [0.15, 0.2) is 18.2 Å². The number of carbonyl (C=O) groups excluding carboxylic acids is 1. The monoisotopic (exact) mass is 250 g/mol. The van der Waals surface area contributed by atoms with Crippen molar-refractivity contribution in [2.75, 3.05) is 26.2 Å². The van der Waals surface area contributed by atoms with Gasteiger partial charge in [0, 0.05) is 31.7 Å². The summed E-state index contributed by atoms with van der Waals surface area (Å²) in [5, 5.41) is 21.6. The Bertz CT molecular complexity index is 428. The fraction of sp³-hybridized carbons (Fsp3) is 0.462. The maximum atomic E-state index is 12.3. The first-order chi connectivity index (χ1) is 8.76. The zero-order chi connectivity index (χ0) is 13.0. The van der Waals surface area contributed by atoms with Crippen LogP contribution in [-0.2, 0) is 13.2 Å². The van der Waals surface area contributed by atoms with E-state index in [-0.39, 0.29) is 19.1 Å². The molecule has 1 aliphatic rings. The fourth-order valence-corrected chi connectivity index (χ4v) is 2.12. The lowest BCUT2D eigenvalue weighted by molar-refractivity contribution is 0.0732. The van der Waals surface area contributed by atoms with Crippen LogP contribution in [0, 0.1) is 0 Å². The topological polar surface area (TPSA) is 72.8 Å². The summed E-state index contributed by atoms with van der Waals surface area (Å²) in [5.41, 5.74) is 1.80. The molecule has 5 heteroatoms. The number of amides is 1. The Kier molecular flexibility index (Phi) is 4.30. The molecule has 1 aliphatic heterocycles. The molecule has 0 saturated carbocycles. The van der Waals surface area contributed by atoms with Crippen molar-refractivity contribution in [2.24, 2.45) is 0 Å². The van der Waals surface area contributed by atoms with Crippen LogP contribution in [0.1, 0.15) is 21.5 Å². The van der Waals surface area contributed by atoms with Gasteiger partial charge in [-0.25, -0.2) is 0 Å². The van der Waals surface area contributed by atoms with Crippen LogP contribution in [-0.4, -0.2) is 47.2 Å². The highest BCUT2D eigenvalue weighted by molar-refractivity contribution is 5.95. The third-order valence-electron chi connectivity index (χ3n) is 3.16. The van der Waals surface area contributed by atoms with Crippen LogP contribution in [0.2, 0.25) is 0 Å². The van der Waals surface area contributed by atoms with Crippen molar-refractivity contribution in [3.63, 3.8) is 0 Å². The molecule has 1 amide bonds. The van der Waals surface area contributed by atoms with E-state index in [0.29, 0.717) is 29.8 Å². The zero-order valence-electron chi connectivity index (χ0n) is 10.2. The number of hydrogen-bond donors (Lipinski definition) is 3. The molecule has 1 fully saturated rings. The van der Waals surface area contributed by atoms with E-state index in [0.717, 1.165) is 13.1 Å². The molecule has 1 heterocycles. The molecule has 1 aromatic rings. The van der Waals surface area contributed by atoms with Crippen LogP contribution < -0.4 is 5.32 Å². The summed E-state index contributed by atoms with van der Waals surface area (Å²) in [4.78, 5) is 14.1. The summed E-state index contributed by atoms with van der Waals surface area (Å²) in [7, 11) is 0. The van der Waals surface area contributed by atoms with Gasteiger partial charge in [-0.05, 0) is 17.2 Å². The smallest absolute Gasteiger partial charge is 0.254 e. The van der Waals surface area contributed by atoms with E-state index < -0.39 is 0 Å². The van der Waals surface area contributed by atoms with Crippen molar-refractivity contribution in [1.29, 1.82) is 0 Å². The first-order valence-corrected chi connectivity index (χ1v) is 6.09. The SMILES string of the molecule is O=C(c1ccc(CO)cc1CO)N1CCNCC1. The summed E-state index contributed by atoms with van der Waals surface area (Å²) in [6.45, 7) is 2.69. The molecule has 5 nitrogen and oxygen atoms in total. The highest BCUT2D eigenvalue weighted by atomic mass is 16.3. The lowest BCUT2D eigenvalue weighted by Crippen LogP contribution is -2.46. The predicted octanol–water partition coefficient (Wildman–Crippen LogP) is -0.283. The van der Waals surface area contributed by atoms with E-state index in [1.54, 1.807) is 23.1 Å². The molecule has 0 aromatic heterocycles. The van der Waals surface area contributed by atoms with Crippen molar-refractivity contribution in [2.45, 2.75) is 13.2 Å².